The first kappa shape index (κ1) is 23.3. The number of alkyl halides is 6. The second-order valence-corrected chi connectivity index (χ2v) is 11.8. The first-order valence-electron chi connectivity index (χ1n) is 5.90. The molecule has 27 heavy (non-hydrogen) atoms. The molecule has 0 aromatic carbocycles. The van der Waals surface area contributed by atoms with E-state index in [2.05, 4.69) is 9.05 Å². The molecule has 0 radical (unpaired) electrons. The fourth-order valence-corrected chi connectivity index (χ4v) is 9.19. The van der Waals surface area contributed by atoms with Gasteiger partial charge in [-0.2, -0.15) is 26.3 Å². The summed E-state index contributed by atoms with van der Waals surface area (Å²) in [5, 5.41) is 0. The lowest BCUT2D eigenvalue weighted by Crippen LogP contribution is -2.58. The highest BCUT2D eigenvalue weighted by Gasteiger charge is 2.73. The Morgan fingerprint density at radius 3 is 1.30 bits per heavy atom. The van der Waals surface area contributed by atoms with Gasteiger partial charge in [-0.3, -0.25) is 9.05 Å². The average molecular weight is 504 g/mol. The Bertz CT molecular complexity index is 824. The molecule has 0 unspecified atom stereocenters. The molecule has 1 spiro atoms. The molecule has 2 aliphatic heterocycles. The maximum atomic E-state index is 13.5. The molecule has 6 nitrogen and oxygen atoms in total. The highest BCUT2D eigenvalue weighted by Crippen LogP contribution is 2.82. The third kappa shape index (κ3) is 4.78. The Balaban J connectivity index is 2.73. The normalized spacial score (nSPS) is 32.1. The average Bonchev–Trinajstić information content (AvgIpc) is 2.37. The van der Waals surface area contributed by atoms with Gasteiger partial charge >= 0.3 is 48.9 Å². The third-order valence-corrected chi connectivity index (χ3v) is 10.5. The van der Waals surface area contributed by atoms with Crippen LogP contribution in [0, 0.1) is 0 Å². The van der Waals surface area contributed by atoms with Crippen molar-refractivity contribution in [2.75, 3.05) is 13.2 Å². The van der Waals surface area contributed by atoms with Gasteiger partial charge in [0.05, 0.1) is 0 Å². The van der Waals surface area contributed by atoms with Crippen LogP contribution >= 0.6 is 31.1 Å². The van der Waals surface area contributed by atoms with Crippen LogP contribution in [0.25, 0.3) is 0 Å². The second kappa shape index (κ2) is 6.50. The summed E-state index contributed by atoms with van der Waals surface area (Å²) in [6.07, 6.45) is 0. The minimum atomic E-state index is -6.70. The fraction of sp³-hybridized carbons (Fsp3) is 1.00. The lowest BCUT2D eigenvalue weighted by molar-refractivity contribution is -0.325. The van der Waals surface area contributed by atoms with Crippen LogP contribution in [0.3, 0.4) is 0 Å². The summed E-state index contributed by atoms with van der Waals surface area (Å²) in [5.41, 5.74) is 0. The molecule has 2 aliphatic rings. The summed E-state index contributed by atoms with van der Waals surface area (Å²) < 4.78 is 174. The third-order valence-electron chi connectivity index (χ3n) is 2.62. The van der Waals surface area contributed by atoms with Gasteiger partial charge in [0, 0.05) is 0 Å². The first-order valence-corrected chi connectivity index (χ1v) is 11.9. The van der Waals surface area contributed by atoms with E-state index in [1.54, 1.807) is 0 Å². The number of rotatable bonds is 0. The zero-order valence-electron chi connectivity index (χ0n) is 11.8. The first-order chi connectivity index (χ1) is 11.7. The lowest BCUT2D eigenvalue weighted by Gasteiger charge is -2.36. The van der Waals surface area contributed by atoms with Crippen LogP contribution in [0.4, 0.5) is 51.5 Å². The maximum absolute atomic E-state index is 13.5. The number of halogens is 12. The Kier molecular flexibility index (Phi) is 5.60. The van der Waals surface area contributed by atoms with Gasteiger partial charge in [-0.1, -0.05) is 0 Å². The molecule has 0 bridgehead atoms. The summed E-state index contributed by atoms with van der Waals surface area (Å²) in [7, 11) is -25.9. The topological polar surface area (TPSA) is 67.9 Å². The molecule has 2 rings (SSSR count). The summed E-state index contributed by atoms with van der Waals surface area (Å²) in [6.45, 7) is -5.69. The van der Waals surface area contributed by atoms with E-state index >= 15 is 0 Å². The van der Waals surface area contributed by atoms with Crippen molar-refractivity contribution in [1.82, 2.24) is 0 Å². The van der Waals surface area contributed by atoms with Crippen LogP contribution in [-0.4, -0.2) is 31.0 Å². The highest BCUT2D eigenvalue weighted by molar-refractivity contribution is 7.78. The fourth-order valence-electron chi connectivity index (χ4n) is 1.52. The van der Waals surface area contributed by atoms with E-state index < -0.39 is 62.1 Å². The van der Waals surface area contributed by atoms with E-state index in [0.717, 1.165) is 0 Å². The van der Waals surface area contributed by atoms with Crippen LogP contribution in [0.5, 0.6) is 0 Å². The lowest BCUT2D eigenvalue weighted by atomic mass is 10.1. The summed E-state index contributed by atoms with van der Waals surface area (Å²) >= 11 is 0. The standard InChI is InChI=1S/C5H4F12N4O2P4/c6-3(7)1-22-27(23-2-4(8,9)5(3,10)11)20-25(14,15)18-24(12,13)19-26(16,17)21-27/h1-2H2. The van der Waals surface area contributed by atoms with Crippen molar-refractivity contribution in [1.29, 1.82) is 0 Å². The van der Waals surface area contributed by atoms with E-state index in [4.69, 9.17) is 0 Å². The van der Waals surface area contributed by atoms with Gasteiger partial charge in [0.2, 0.25) is 0 Å². The van der Waals surface area contributed by atoms with Crippen molar-refractivity contribution in [3.05, 3.63) is 0 Å². The Hall–Kier alpha value is -0.000000000000000222. The van der Waals surface area contributed by atoms with Crippen LogP contribution in [0.1, 0.15) is 0 Å². The molecule has 1 saturated heterocycles. The second-order valence-electron chi connectivity index (χ2n) is 4.75. The molecule has 0 aliphatic carbocycles. The van der Waals surface area contributed by atoms with Gasteiger partial charge in [-0.25, -0.2) is 0 Å². The zero-order chi connectivity index (χ0) is 21.2. The van der Waals surface area contributed by atoms with Crippen LogP contribution in [0.2, 0.25) is 0 Å². The van der Waals surface area contributed by atoms with Gasteiger partial charge in [-0.05, 0) is 0 Å². The van der Waals surface area contributed by atoms with Crippen molar-refractivity contribution in [3.8, 4) is 0 Å². The molecule has 160 valence electrons. The predicted molar refractivity (Wildman–Crippen MR) is 70.8 cm³/mol. The predicted octanol–water partition coefficient (Wildman–Crippen LogP) is 8.55. The van der Waals surface area contributed by atoms with Crippen molar-refractivity contribution in [2.45, 2.75) is 17.8 Å². The smallest absolute Gasteiger partial charge is 0.300 e. The molecule has 0 N–H and O–H groups in total. The van der Waals surface area contributed by atoms with Crippen LogP contribution in [-0.2, 0) is 9.05 Å². The summed E-state index contributed by atoms with van der Waals surface area (Å²) in [6, 6.07) is 0. The Morgan fingerprint density at radius 1 is 0.556 bits per heavy atom. The zero-order valence-corrected chi connectivity index (χ0v) is 15.4. The highest BCUT2D eigenvalue weighted by atomic mass is 31.3. The van der Waals surface area contributed by atoms with E-state index in [0.29, 0.717) is 0 Å². The van der Waals surface area contributed by atoms with E-state index in [-0.39, 0.29) is 0 Å². The quantitative estimate of drug-likeness (QED) is 0.245. The molecule has 2 heterocycles. The van der Waals surface area contributed by atoms with Crippen molar-refractivity contribution < 1.29 is 60.6 Å². The number of hydrogen-bond donors (Lipinski definition) is 0. The molecule has 0 atom stereocenters. The minimum absolute atomic E-state index is 1.46. The monoisotopic (exact) mass is 504 g/mol. The van der Waals surface area contributed by atoms with Gasteiger partial charge in [0.1, 0.15) is 13.2 Å². The Morgan fingerprint density at radius 2 is 0.889 bits per heavy atom. The minimum Gasteiger partial charge on any atom is -0.300 e. The van der Waals surface area contributed by atoms with Crippen molar-refractivity contribution in [3.63, 3.8) is 0 Å². The van der Waals surface area contributed by atoms with Crippen molar-refractivity contribution in [2.24, 2.45) is 18.1 Å². The molecule has 1 fully saturated rings. The maximum Gasteiger partial charge on any atom is 0.425 e. The number of hydrogen-bond acceptors (Lipinski definition) is 6. The van der Waals surface area contributed by atoms with Crippen molar-refractivity contribution >= 4 is 31.1 Å². The molecule has 22 heteroatoms. The number of nitrogens with zero attached hydrogens (tertiary/aromatic N) is 4. The molecule has 0 saturated carbocycles. The summed E-state index contributed by atoms with van der Waals surface area (Å²) in [4.78, 5) is 0. The van der Waals surface area contributed by atoms with E-state index in [1.807, 2.05) is 9.03 Å². The van der Waals surface area contributed by atoms with E-state index in [1.165, 1.54) is 9.03 Å². The van der Waals surface area contributed by atoms with Gasteiger partial charge in [0.25, 0.3) is 0 Å². The largest absolute Gasteiger partial charge is 0.425 e. The molecule has 0 aromatic rings. The SMILES string of the molecule is FC1(F)COP2(=NP(F)(F)=NP(F)(F)=NP(F)(F)=N2)OCC(F)(F)C1(F)F. The molecule has 0 aromatic heterocycles. The van der Waals surface area contributed by atoms with Gasteiger partial charge < -0.3 is 0 Å². The Labute approximate surface area is 141 Å². The van der Waals surface area contributed by atoms with Crippen LogP contribution in [0.15, 0.2) is 18.1 Å². The van der Waals surface area contributed by atoms with Gasteiger partial charge in [0.15, 0.2) is 0 Å². The molecular weight excluding hydrogens is 500 g/mol. The van der Waals surface area contributed by atoms with E-state index in [9.17, 15) is 51.5 Å². The summed E-state index contributed by atoms with van der Waals surface area (Å²) in [5.74, 6) is -17.6. The molecular formula is C5H4F12N4O2P4. The van der Waals surface area contributed by atoms with Crippen LogP contribution < -0.4 is 0 Å². The van der Waals surface area contributed by atoms with Gasteiger partial charge in [-0.15, -0.1) is 43.2 Å². The molecule has 0 amide bonds.